The Morgan fingerprint density at radius 1 is 1.38 bits per heavy atom. The molecule has 0 radical (unpaired) electrons. The third-order valence-corrected chi connectivity index (χ3v) is 3.47. The van der Waals surface area contributed by atoms with Gasteiger partial charge in [0.15, 0.2) is 0 Å². The van der Waals surface area contributed by atoms with Crippen molar-refractivity contribution in [3.05, 3.63) is 29.8 Å². The first-order valence-corrected chi connectivity index (χ1v) is 7.12. The Hall–Kier alpha value is -2.08. The van der Waals surface area contributed by atoms with Gasteiger partial charge < -0.3 is 20.3 Å². The summed E-state index contributed by atoms with van der Waals surface area (Å²) in [6.45, 7) is 3.48. The molecule has 0 aromatic heterocycles. The van der Waals surface area contributed by atoms with E-state index in [1.807, 2.05) is 25.1 Å². The van der Waals surface area contributed by atoms with Gasteiger partial charge in [-0.05, 0) is 19.1 Å². The Balaban J connectivity index is 2.24. The summed E-state index contributed by atoms with van der Waals surface area (Å²) in [5.41, 5.74) is 1.32. The molecule has 0 spiro atoms. The van der Waals surface area contributed by atoms with E-state index in [-0.39, 0.29) is 18.4 Å². The SMILES string of the molecule is CCNC(=O)C1COCCN1C(=O)c1ccccc1NC. The fraction of sp³-hybridized carbons (Fsp3) is 0.467. The zero-order chi connectivity index (χ0) is 15.2. The van der Waals surface area contributed by atoms with Crippen LogP contribution >= 0.6 is 0 Å². The van der Waals surface area contributed by atoms with Crippen molar-refractivity contribution in [3.8, 4) is 0 Å². The van der Waals surface area contributed by atoms with Gasteiger partial charge in [-0.2, -0.15) is 0 Å². The van der Waals surface area contributed by atoms with Crippen molar-refractivity contribution in [1.29, 1.82) is 0 Å². The Kier molecular flexibility index (Phi) is 5.16. The molecule has 2 rings (SSSR count). The number of likely N-dealkylation sites (N-methyl/N-ethyl adjacent to an activating group) is 1. The molecule has 1 aliphatic rings. The maximum atomic E-state index is 12.7. The lowest BCUT2D eigenvalue weighted by atomic mass is 10.1. The molecule has 1 aromatic rings. The van der Waals surface area contributed by atoms with Crippen LogP contribution in [0.1, 0.15) is 17.3 Å². The number of nitrogens with zero attached hydrogens (tertiary/aromatic N) is 1. The highest BCUT2D eigenvalue weighted by Gasteiger charge is 2.33. The number of morpholine rings is 1. The van der Waals surface area contributed by atoms with E-state index in [4.69, 9.17) is 4.74 Å². The molecule has 1 heterocycles. The lowest BCUT2D eigenvalue weighted by molar-refractivity contribution is -0.130. The Bertz CT molecular complexity index is 519. The van der Waals surface area contributed by atoms with Crippen LogP contribution in [-0.4, -0.2) is 56.1 Å². The predicted molar refractivity (Wildman–Crippen MR) is 80.3 cm³/mol. The lowest BCUT2D eigenvalue weighted by Gasteiger charge is -2.34. The van der Waals surface area contributed by atoms with Crippen molar-refractivity contribution in [2.45, 2.75) is 13.0 Å². The van der Waals surface area contributed by atoms with Crippen LogP contribution in [0.5, 0.6) is 0 Å². The van der Waals surface area contributed by atoms with Crippen LogP contribution < -0.4 is 10.6 Å². The van der Waals surface area contributed by atoms with Gasteiger partial charge in [0, 0.05) is 25.8 Å². The van der Waals surface area contributed by atoms with Crippen molar-refractivity contribution in [3.63, 3.8) is 0 Å². The molecule has 6 heteroatoms. The first-order chi connectivity index (χ1) is 10.2. The molecule has 1 unspecified atom stereocenters. The van der Waals surface area contributed by atoms with E-state index in [1.54, 1.807) is 18.0 Å². The Labute approximate surface area is 124 Å². The second-order valence-electron chi connectivity index (χ2n) is 4.78. The van der Waals surface area contributed by atoms with Crippen LogP contribution in [-0.2, 0) is 9.53 Å². The molecule has 2 amide bonds. The van der Waals surface area contributed by atoms with E-state index in [1.165, 1.54) is 0 Å². The van der Waals surface area contributed by atoms with Crippen LogP contribution in [0.15, 0.2) is 24.3 Å². The van der Waals surface area contributed by atoms with E-state index in [9.17, 15) is 9.59 Å². The van der Waals surface area contributed by atoms with Crippen LogP contribution in [0.3, 0.4) is 0 Å². The number of hydrogen-bond donors (Lipinski definition) is 2. The molecular weight excluding hydrogens is 270 g/mol. The summed E-state index contributed by atoms with van der Waals surface area (Å²) in [5, 5.41) is 5.76. The van der Waals surface area contributed by atoms with E-state index in [0.717, 1.165) is 5.69 Å². The molecule has 1 fully saturated rings. The molecule has 6 nitrogen and oxygen atoms in total. The average Bonchev–Trinajstić information content (AvgIpc) is 2.54. The maximum Gasteiger partial charge on any atom is 0.256 e. The Morgan fingerprint density at radius 3 is 2.86 bits per heavy atom. The number of rotatable bonds is 4. The minimum absolute atomic E-state index is 0.153. The summed E-state index contributed by atoms with van der Waals surface area (Å²) in [6, 6.07) is 6.71. The average molecular weight is 291 g/mol. The molecule has 0 aliphatic carbocycles. The van der Waals surface area contributed by atoms with Crippen molar-refractivity contribution in [2.24, 2.45) is 0 Å². The number of carbonyl (C=O) groups is 2. The van der Waals surface area contributed by atoms with Crippen molar-refractivity contribution in [1.82, 2.24) is 10.2 Å². The Morgan fingerprint density at radius 2 is 2.14 bits per heavy atom. The number of ether oxygens (including phenoxy) is 1. The van der Waals surface area contributed by atoms with Crippen LogP contribution in [0.25, 0.3) is 0 Å². The number of anilines is 1. The van der Waals surface area contributed by atoms with Gasteiger partial charge in [-0.1, -0.05) is 12.1 Å². The van der Waals surface area contributed by atoms with Gasteiger partial charge in [-0.15, -0.1) is 0 Å². The normalized spacial score (nSPS) is 18.2. The quantitative estimate of drug-likeness (QED) is 0.857. The third kappa shape index (κ3) is 3.33. The zero-order valence-corrected chi connectivity index (χ0v) is 12.4. The van der Waals surface area contributed by atoms with Crippen LogP contribution in [0.2, 0.25) is 0 Å². The topological polar surface area (TPSA) is 70.7 Å². The van der Waals surface area contributed by atoms with Gasteiger partial charge in [-0.25, -0.2) is 0 Å². The monoisotopic (exact) mass is 291 g/mol. The second-order valence-corrected chi connectivity index (χ2v) is 4.78. The van der Waals surface area contributed by atoms with E-state index >= 15 is 0 Å². The highest BCUT2D eigenvalue weighted by molar-refractivity contribution is 6.02. The second kappa shape index (κ2) is 7.08. The highest BCUT2D eigenvalue weighted by Crippen LogP contribution is 2.19. The van der Waals surface area contributed by atoms with E-state index < -0.39 is 6.04 Å². The van der Waals surface area contributed by atoms with Gasteiger partial charge in [0.05, 0.1) is 18.8 Å². The molecule has 1 aliphatic heterocycles. The van der Waals surface area contributed by atoms with Crippen molar-refractivity contribution >= 4 is 17.5 Å². The number of nitrogens with one attached hydrogen (secondary N) is 2. The minimum Gasteiger partial charge on any atom is -0.387 e. The minimum atomic E-state index is -0.573. The number of amides is 2. The number of carbonyl (C=O) groups excluding carboxylic acids is 2. The van der Waals surface area contributed by atoms with E-state index in [2.05, 4.69) is 10.6 Å². The van der Waals surface area contributed by atoms with Gasteiger partial charge in [0.1, 0.15) is 6.04 Å². The number of hydrogen-bond acceptors (Lipinski definition) is 4. The first-order valence-electron chi connectivity index (χ1n) is 7.12. The molecular formula is C15H21N3O3. The lowest BCUT2D eigenvalue weighted by Crippen LogP contribution is -2.55. The fourth-order valence-electron chi connectivity index (χ4n) is 2.40. The van der Waals surface area contributed by atoms with Crippen LogP contribution in [0.4, 0.5) is 5.69 Å². The molecule has 1 aromatic carbocycles. The molecule has 1 atom stereocenters. The maximum absolute atomic E-state index is 12.7. The smallest absolute Gasteiger partial charge is 0.256 e. The van der Waals surface area contributed by atoms with Gasteiger partial charge >= 0.3 is 0 Å². The first kappa shape index (κ1) is 15.3. The number of benzene rings is 1. The molecule has 1 saturated heterocycles. The molecule has 2 N–H and O–H groups in total. The van der Waals surface area contributed by atoms with E-state index in [0.29, 0.717) is 25.3 Å². The molecule has 21 heavy (non-hydrogen) atoms. The molecule has 0 saturated carbocycles. The zero-order valence-electron chi connectivity index (χ0n) is 12.4. The standard InChI is InChI=1S/C15H21N3O3/c1-3-17-14(19)13-10-21-9-8-18(13)15(20)11-6-4-5-7-12(11)16-2/h4-7,13,16H,3,8-10H2,1-2H3,(H,17,19). The van der Waals surface area contributed by atoms with Gasteiger partial charge in [0.25, 0.3) is 5.91 Å². The van der Waals surface area contributed by atoms with Gasteiger partial charge in [-0.3, -0.25) is 9.59 Å². The summed E-state index contributed by atoms with van der Waals surface area (Å²) in [5.74, 6) is -0.327. The summed E-state index contributed by atoms with van der Waals surface area (Å²) < 4.78 is 5.35. The van der Waals surface area contributed by atoms with Crippen molar-refractivity contribution in [2.75, 3.05) is 38.7 Å². The summed E-state index contributed by atoms with van der Waals surface area (Å²) in [6.07, 6.45) is 0. The molecule has 0 bridgehead atoms. The van der Waals surface area contributed by atoms with Crippen LogP contribution in [0, 0.1) is 0 Å². The van der Waals surface area contributed by atoms with Crippen molar-refractivity contribution < 1.29 is 14.3 Å². The summed E-state index contributed by atoms with van der Waals surface area (Å²) in [4.78, 5) is 26.4. The largest absolute Gasteiger partial charge is 0.387 e. The van der Waals surface area contributed by atoms with Gasteiger partial charge in [0.2, 0.25) is 5.91 Å². The summed E-state index contributed by atoms with van der Waals surface area (Å²) in [7, 11) is 1.77. The number of para-hydroxylation sites is 1. The highest BCUT2D eigenvalue weighted by atomic mass is 16.5. The fourth-order valence-corrected chi connectivity index (χ4v) is 2.40. The predicted octanol–water partition coefficient (Wildman–Crippen LogP) is 0.705. The molecule has 114 valence electrons. The summed E-state index contributed by atoms with van der Waals surface area (Å²) >= 11 is 0. The third-order valence-electron chi connectivity index (χ3n) is 3.47.